The first kappa shape index (κ1) is 11.8. The van der Waals surface area contributed by atoms with E-state index >= 15 is 0 Å². The second kappa shape index (κ2) is 5.01. The molecule has 1 rings (SSSR count). The van der Waals surface area contributed by atoms with Crippen LogP contribution in [0.1, 0.15) is 40.0 Å². The van der Waals surface area contributed by atoms with E-state index in [2.05, 4.69) is 20.8 Å². The summed E-state index contributed by atoms with van der Waals surface area (Å²) in [5, 5.41) is 0. The molecule has 0 N–H and O–H groups in total. The molecular formula is C11H19ClO2. The van der Waals surface area contributed by atoms with Gasteiger partial charge in [-0.15, -0.1) is 0 Å². The first-order valence-corrected chi connectivity index (χ1v) is 5.74. The fraction of sp³-hybridized carbons (Fsp3) is 0.909. The standard InChI is InChI=1S/C11H19ClO2/c1-7(2)9-5-4-8(3)6-10(9)14-11(12)13/h7-10H,4-6H2,1-3H3/t8-,9-,10+/m0/s1. The van der Waals surface area contributed by atoms with Crippen molar-refractivity contribution in [3.63, 3.8) is 0 Å². The highest BCUT2D eigenvalue weighted by atomic mass is 35.5. The zero-order valence-electron chi connectivity index (χ0n) is 9.13. The highest BCUT2D eigenvalue weighted by molar-refractivity contribution is 6.61. The van der Waals surface area contributed by atoms with Crippen LogP contribution in [0.25, 0.3) is 0 Å². The van der Waals surface area contributed by atoms with E-state index < -0.39 is 5.43 Å². The van der Waals surface area contributed by atoms with Gasteiger partial charge in [-0.3, -0.25) is 0 Å². The summed E-state index contributed by atoms with van der Waals surface area (Å²) in [4.78, 5) is 10.7. The second-order valence-corrected chi connectivity index (χ2v) is 5.03. The summed E-state index contributed by atoms with van der Waals surface area (Å²) < 4.78 is 5.16. The molecule has 0 aromatic rings. The summed E-state index contributed by atoms with van der Waals surface area (Å²) in [6, 6.07) is 0. The molecule has 0 amide bonds. The molecule has 0 heterocycles. The van der Waals surface area contributed by atoms with Crippen molar-refractivity contribution >= 4 is 17.0 Å². The highest BCUT2D eigenvalue weighted by Gasteiger charge is 2.32. The van der Waals surface area contributed by atoms with Gasteiger partial charge >= 0.3 is 5.43 Å². The Bertz CT molecular complexity index is 203. The zero-order chi connectivity index (χ0) is 10.7. The van der Waals surface area contributed by atoms with E-state index in [9.17, 15) is 4.79 Å². The quantitative estimate of drug-likeness (QED) is 0.659. The Morgan fingerprint density at radius 3 is 2.57 bits per heavy atom. The molecule has 82 valence electrons. The minimum absolute atomic E-state index is 0.0312. The lowest BCUT2D eigenvalue weighted by Crippen LogP contribution is -2.34. The Labute approximate surface area is 91.0 Å². The van der Waals surface area contributed by atoms with Crippen LogP contribution < -0.4 is 0 Å². The molecule has 0 radical (unpaired) electrons. The summed E-state index contributed by atoms with van der Waals surface area (Å²) in [6.45, 7) is 6.55. The van der Waals surface area contributed by atoms with Crippen molar-refractivity contribution in [2.24, 2.45) is 17.8 Å². The van der Waals surface area contributed by atoms with Crippen molar-refractivity contribution in [3.05, 3.63) is 0 Å². The number of halogens is 1. The van der Waals surface area contributed by atoms with Gasteiger partial charge in [-0.25, -0.2) is 4.79 Å². The lowest BCUT2D eigenvalue weighted by Gasteiger charge is -2.36. The van der Waals surface area contributed by atoms with Crippen LogP contribution in [0, 0.1) is 17.8 Å². The van der Waals surface area contributed by atoms with Gasteiger partial charge in [0.05, 0.1) is 0 Å². The number of carbonyl (C=O) groups is 1. The van der Waals surface area contributed by atoms with Crippen LogP contribution >= 0.6 is 11.6 Å². The molecule has 1 aliphatic carbocycles. The van der Waals surface area contributed by atoms with E-state index in [0.717, 1.165) is 12.8 Å². The summed E-state index contributed by atoms with van der Waals surface area (Å²) in [5.41, 5.74) is -0.658. The van der Waals surface area contributed by atoms with Crippen LogP contribution in [-0.2, 0) is 4.74 Å². The van der Waals surface area contributed by atoms with Crippen molar-refractivity contribution < 1.29 is 9.53 Å². The van der Waals surface area contributed by atoms with E-state index in [-0.39, 0.29) is 6.10 Å². The van der Waals surface area contributed by atoms with Gasteiger partial charge in [0, 0.05) is 11.6 Å². The van der Waals surface area contributed by atoms with Gasteiger partial charge in [0.1, 0.15) is 6.10 Å². The predicted octanol–water partition coefficient (Wildman–Crippen LogP) is 3.82. The van der Waals surface area contributed by atoms with Crippen molar-refractivity contribution in [3.8, 4) is 0 Å². The topological polar surface area (TPSA) is 26.3 Å². The summed E-state index contributed by atoms with van der Waals surface area (Å²) in [7, 11) is 0. The molecule has 14 heavy (non-hydrogen) atoms. The highest BCUT2D eigenvalue weighted by Crippen LogP contribution is 2.35. The maximum absolute atomic E-state index is 10.7. The molecule has 1 aliphatic rings. The number of rotatable bonds is 2. The molecule has 1 saturated carbocycles. The van der Waals surface area contributed by atoms with Crippen LogP contribution in [-0.4, -0.2) is 11.5 Å². The second-order valence-electron chi connectivity index (χ2n) is 4.72. The predicted molar refractivity (Wildman–Crippen MR) is 57.5 cm³/mol. The smallest absolute Gasteiger partial charge is 0.404 e. The Balaban J connectivity index is 2.58. The molecule has 3 atom stereocenters. The SMILES string of the molecule is CC(C)[C@@H]1CC[C@H](C)C[C@H]1OC(=O)Cl. The lowest BCUT2D eigenvalue weighted by molar-refractivity contribution is 0.0179. The minimum atomic E-state index is -0.658. The molecule has 3 heteroatoms. The normalized spacial score (nSPS) is 33.1. The number of hydrogen-bond acceptors (Lipinski definition) is 2. The van der Waals surface area contributed by atoms with Gasteiger partial charge in [-0.05, 0) is 30.6 Å². The Morgan fingerprint density at radius 1 is 1.43 bits per heavy atom. The fourth-order valence-electron chi connectivity index (χ4n) is 2.37. The van der Waals surface area contributed by atoms with Gasteiger partial charge in [-0.1, -0.05) is 27.2 Å². The van der Waals surface area contributed by atoms with Gasteiger partial charge < -0.3 is 4.74 Å². The van der Waals surface area contributed by atoms with Crippen LogP contribution in [0.2, 0.25) is 0 Å². The molecule has 0 unspecified atom stereocenters. The van der Waals surface area contributed by atoms with Crippen LogP contribution in [0.5, 0.6) is 0 Å². The van der Waals surface area contributed by atoms with E-state index in [0.29, 0.717) is 17.8 Å². The average Bonchev–Trinajstić information content (AvgIpc) is 2.01. The van der Waals surface area contributed by atoms with Crippen molar-refractivity contribution in [1.82, 2.24) is 0 Å². The molecule has 1 fully saturated rings. The van der Waals surface area contributed by atoms with E-state index in [4.69, 9.17) is 16.3 Å². The first-order chi connectivity index (χ1) is 6.50. The van der Waals surface area contributed by atoms with Gasteiger partial charge in [0.25, 0.3) is 0 Å². The van der Waals surface area contributed by atoms with Crippen LogP contribution in [0.15, 0.2) is 0 Å². The molecule has 0 aromatic heterocycles. The summed E-state index contributed by atoms with van der Waals surface area (Å²) in [5.74, 6) is 1.68. The molecule has 0 bridgehead atoms. The molecule has 0 aromatic carbocycles. The van der Waals surface area contributed by atoms with E-state index in [1.165, 1.54) is 6.42 Å². The molecule has 0 saturated heterocycles. The molecule has 0 spiro atoms. The average molecular weight is 219 g/mol. The lowest BCUT2D eigenvalue weighted by atomic mass is 9.75. The Hall–Kier alpha value is -0.240. The molecule has 0 aliphatic heterocycles. The summed E-state index contributed by atoms with van der Waals surface area (Å²) >= 11 is 5.27. The van der Waals surface area contributed by atoms with Crippen molar-refractivity contribution in [2.75, 3.05) is 0 Å². The van der Waals surface area contributed by atoms with Crippen molar-refractivity contribution in [2.45, 2.75) is 46.1 Å². The zero-order valence-corrected chi connectivity index (χ0v) is 9.88. The third-order valence-electron chi connectivity index (χ3n) is 3.21. The fourth-order valence-corrected chi connectivity index (χ4v) is 2.48. The minimum Gasteiger partial charge on any atom is -0.450 e. The van der Waals surface area contributed by atoms with Crippen LogP contribution in [0.4, 0.5) is 4.79 Å². The van der Waals surface area contributed by atoms with Crippen LogP contribution in [0.3, 0.4) is 0 Å². The Morgan fingerprint density at radius 2 is 2.07 bits per heavy atom. The van der Waals surface area contributed by atoms with Crippen molar-refractivity contribution in [1.29, 1.82) is 0 Å². The van der Waals surface area contributed by atoms with E-state index in [1.807, 2.05) is 0 Å². The van der Waals surface area contributed by atoms with E-state index in [1.54, 1.807) is 0 Å². The number of hydrogen-bond donors (Lipinski definition) is 0. The molecule has 2 nitrogen and oxygen atoms in total. The first-order valence-electron chi connectivity index (χ1n) is 5.36. The largest absolute Gasteiger partial charge is 0.450 e. The monoisotopic (exact) mass is 218 g/mol. The van der Waals surface area contributed by atoms with Gasteiger partial charge in [0.15, 0.2) is 0 Å². The number of carbonyl (C=O) groups excluding carboxylic acids is 1. The number of ether oxygens (including phenoxy) is 1. The Kier molecular flexibility index (Phi) is 4.24. The third-order valence-corrected chi connectivity index (χ3v) is 3.29. The third kappa shape index (κ3) is 3.16. The maximum atomic E-state index is 10.7. The van der Waals surface area contributed by atoms with Gasteiger partial charge in [-0.2, -0.15) is 0 Å². The van der Waals surface area contributed by atoms with Gasteiger partial charge in [0.2, 0.25) is 0 Å². The molecular weight excluding hydrogens is 200 g/mol. The maximum Gasteiger partial charge on any atom is 0.404 e. The summed E-state index contributed by atoms with van der Waals surface area (Å²) in [6.07, 6.45) is 3.37.